The lowest BCUT2D eigenvalue weighted by atomic mass is 9.64. The molecule has 2 aromatic rings. The lowest BCUT2D eigenvalue weighted by Gasteiger charge is -2.42. The fourth-order valence-electron chi connectivity index (χ4n) is 4.76. The van der Waals surface area contributed by atoms with Crippen molar-refractivity contribution in [2.75, 3.05) is 5.73 Å². The Balaban J connectivity index is 1.81. The number of hydrogen-bond donors (Lipinski definition) is 2. The molecule has 0 amide bonds. The van der Waals surface area contributed by atoms with Crippen LogP contribution in [0.3, 0.4) is 0 Å². The third kappa shape index (κ3) is 1.68. The van der Waals surface area contributed by atoms with Crippen LogP contribution in [0.2, 0.25) is 0 Å². The normalized spacial score (nSPS) is 33.6. The lowest BCUT2D eigenvalue weighted by Crippen LogP contribution is -2.46. The zero-order chi connectivity index (χ0) is 17.3. The number of aryl methyl sites for hydroxylation is 1. The number of nitrogens with zero attached hydrogens (tertiary/aromatic N) is 4. The van der Waals surface area contributed by atoms with Crippen LogP contribution in [0.15, 0.2) is 6.33 Å². The van der Waals surface area contributed by atoms with Gasteiger partial charge in [0.25, 0.3) is 5.78 Å². The molecule has 2 fully saturated rings. The van der Waals surface area contributed by atoms with Gasteiger partial charge in [-0.1, -0.05) is 32.6 Å². The summed E-state index contributed by atoms with van der Waals surface area (Å²) in [6, 6.07) is 0. The van der Waals surface area contributed by atoms with Crippen LogP contribution in [0.1, 0.15) is 51.3 Å². The van der Waals surface area contributed by atoms with Crippen molar-refractivity contribution in [1.29, 1.82) is 0 Å². The zero-order valence-electron chi connectivity index (χ0n) is 14.6. The Labute approximate surface area is 141 Å². The van der Waals surface area contributed by atoms with Crippen molar-refractivity contribution in [3.8, 4) is 11.8 Å². The minimum absolute atomic E-state index is 0.0884. The van der Waals surface area contributed by atoms with Gasteiger partial charge in [-0.3, -0.25) is 0 Å². The Hall–Kier alpha value is -2.13. The van der Waals surface area contributed by atoms with Crippen molar-refractivity contribution in [2.45, 2.75) is 52.6 Å². The summed E-state index contributed by atoms with van der Waals surface area (Å²) in [6.07, 6.45) is 4.32. The molecule has 2 bridgehead atoms. The van der Waals surface area contributed by atoms with E-state index < -0.39 is 5.60 Å². The summed E-state index contributed by atoms with van der Waals surface area (Å²) >= 11 is 0. The number of aromatic nitrogens is 4. The molecule has 0 unspecified atom stereocenters. The van der Waals surface area contributed by atoms with Crippen LogP contribution in [-0.2, 0) is 0 Å². The average molecular weight is 325 g/mol. The predicted octanol–water partition coefficient (Wildman–Crippen LogP) is 1.94. The van der Waals surface area contributed by atoms with E-state index in [2.05, 4.69) is 47.7 Å². The first-order chi connectivity index (χ1) is 11.2. The third-order valence-electron chi connectivity index (χ3n) is 6.93. The molecule has 6 nitrogen and oxygen atoms in total. The number of hydrogen-bond acceptors (Lipinski definition) is 5. The summed E-state index contributed by atoms with van der Waals surface area (Å²) in [4.78, 5) is 8.44. The number of nitrogen functional groups attached to an aromatic ring is 1. The van der Waals surface area contributed by atoms with Crippen LogP contribution < -0.4 is 5.73 Å². The summed E-state index contributed by atoms with van der Waals surface area (Å²) in [5.41, 5.74) is 6.41. The molecule has 0 aromatic carbocycles. The van der Waals surface area contributed by atoms with E-state index in [0.29, 0.717) is 28.8 Å². The monoisotopic (exact) mass is 325 g/mol. The van der Waals surface area contributed by atoms with Crippen LogP contribution in [0.25, 0.3) is 5.78 Å². The van der Waals surface area contributed by atoms with Gasteiger partial charge in [0.1, 0.15) is 17.7 Å². The van der Waals surface area contributed by atoms with Gasteiger partial charge in [0, 0.05) is 5.41 Å². The van der Waals surface area contributed by atoms with E-state index in [-0.39, 0.29) is 10.8 Å². The SMILES string of the molecule is Cc1nc2ncnn2c(N)c1C#C[C@@]1(O)C[C@@H]2CC[C@]1(C)C2(C)C. The Kier molecular flexibility index (Phi) is 2.88. The standard InChI is InChI=1S/C18H23N5O/c1-11-13(14(19)23-15(22-11)20-10-21-23)6-8-18(24)9-12-5-7-17(18,4)16(12,2)3/h10,12,24H,5,7,9,19H2,1-4H3/t12-,17+,18+/m0/s1. The van der Waals surface area contributed by atoms with Crippen molar-refractivity contribution in [3.63, 3.8) is 0 Å². The molecule has 3 atom stereocenters. The maximum Gasteiger partial charge on any atom is 0.254 e. The van der Waals surface area contributed by atoms with Crippen molar-refractivity contribution in [1.82, 2.24) is 19.6 Å². The Bertz CT molecular complexity index is 905. The topological polar surface area (TPSA) is 89.3 Å². The summed E-state index contributed by atoms with van der Waals surface area (Å²) in [6.45, 7) is 8.54. The largest absolute Gasteiger partial charge is 0.382 e. The van der Waals surface area contributed by atoms with E-state index in [0.717, 1.165) is 12.8 Å². The van der Waals surface area contributed by atoms with Crippen molar-refractivity contribution >= 4 is 11.6 Å². The molecular weight excluding hydrogens is 302 g/mol. The molecule has 2 aromatic heterocycles. The molecule has 0 saturated heterocycles. The maximum atomic E-state index is 11.3. The van der Waals surface area contributed by atoms with Crippen molar-refractivity contribution in [2.24, 2.45) is 16.7 Å². The zero-order valence-corrected chi connectivity index (χ0v) is 14.6. The Morgan fingerprint density at radius 3 is 2.75 bits per heavy atom. The second kappa shape index (κ2) is 4.48. The van der Waals surface area contributed by atoms with Crippen molar-refractivity contribution < 1.29 is 5.11 Å². The van der Waals surface area contributed by atoms with E-state index in [1.54, 1.807) is 0 Å². The van der Waals surface area contributed by atoms with Gasteiger partial charge < -0.3 is 10.8 Å². The molecular formula is C18H23N5O. The third-order valence-corrected chi connectivity index (χ3v) is 6.93. The summed E-state index contributed by atoms with van der Waals surface area (Å²) in [7, 11) is 0. The second-order valence-corrected chi connectivity index (χ2v) is 8.03. The van der Waals surface area contributed by atoms with Crippen LogP contribution in [0, 0.1) is 35.5 Å². The first-order valence-electron chi connectivity index (χ1n) is 8.41. The van der Waals surface area contributed by atoms with Gasteiger partial charge >= 0.3 is 0 Å². The maximum absolute atomic E-state index is 11.3. The van der Waals surface area contributed by atoms with Gasteiger partial charge in [0.15, 0.2) is 0 Å². The van der Waals surface area contributed by atoms with Gasteiger partial charge in [-0.25, -0.2) is 4.98 Å². The summed E-state index contributed by atoms with van der Waals surface area (Å²) in [5.74, 6) is 7.67. The molecule has 2 aliphatic carbocycles. The molecule has 0 aliphatic heterocycles. The molecule has 3 N–H and O–H groups in total. The minimum Gasteiger partial charge on any atom is -0.382 e. The van der Waals surface area contributed by atoms with Gasteiger partial charge in [-0.05, 0) is 37.5 Å². The van der Waals surface area contributed by atoms with E-state index in [1.807, 2.05) is 6.92 Å². The molecule has 2 saturated carbocycles. The quantitative estimate of drug-likeness (QED) is 0.723. The van der Waals surface area contributed by atoms with Crippen LogP contribution in [-0.4, -0.2) is 30.3 Å². The first-order valence-corrected chi connectivity index (χ1v) is 8.41. The highest BCUT2D eigenvalue weighted by atomic mass is 16.3. The van der Waals surface area contributed by atoms with Crippen molar-refractivity contribution in [3.05, 3.63) is 17.6 Å². The number of fused-ring (bicyclic) bond motifs is 3. The molecule has 2 aliphatic rings. The fourth-order valence-corrected chi connectivity index (χ4v) is 4.76. The van der Waals surface area contributed by atoms with Gasteiger partial charge in [-0.2, -0.15) is 14.6 Å². The van der Waals surface area contributed by atoms with Crippen LogP contribution >= 0.6 is 0 Å². The number of rotatable bonds is 0. The molecule has 0 radical (unpaired) electrons. The van der Waals surface area contributed by atoms with Crippen LogP contribution in [0.4, 0.5) is 5.82 Å². The molecule has 24 heavy (non-hydrogen) atoms. The second-order valence-electron chi connectivity index (χ2n) is 8.03. The number of aliphatic hydroxyl groups is 1. The first kappa shape index (κ1) is 15.4. The van der Waals surface area contributed by atoms with E-state index in [1.165, 1.54) is 17.3 Å². The fraction of sp³-hybridized carbons (Fsp3) is 0.611. The summed E-state index contributed by atoms with van der Waals surface area (Å²) in [5, 5.41) is 15.4. The highest BCUT2D eigenvalue weighted by Gasteiger charge is 2.68. The molecule has 2 heterocycles. The smallest absolute Gasteiger partial charge is 0.254 e. The number of nitrogens with two attached hydrogens (primary N) is 1. The molecule has 6 heteroatoms. The van der Waals surface area contributed by atoms with Gasteiger partial charge in [0.05, 0.1) is 11.3 Å². The van der Waals surface area contributed by atoms with E-state index in [9.17, 15) is 5.11 Å². The predicted molar refractivity (Wildman–Crippen MR) is 91.0 cm³/mol. The molecule has 4 rings (SSSR count). The van der Waals surface area contributed by atoms with Crippen LogP contribution in [0.5, 0.6) is 0 Å². The average Bonchev–Trinajstić information content (AvgIpc) is 3.09. The van der Waals surface area contributed by atoms with Gasteiger partial charge in [-0.15, -0.1) is 0 Å². The number of anilines is 1. The Morgan fingerprint density at radius 1 is 1.38 bits per heavy atom. The highest BCUT2D eigenvalue weighted by Crippen LogP contribution is 2.69. The van der Waals surface area contributed by atoms with E-state index >= 15 is 0 Å². The minimum atomic E-state index is -0.990. The van der Waals surface area contributed by atoms with Gasteiger partial charge in [0.2, 0.25) is 0 Å². The lowest BCUT2D eigenvalue weighted by molar-refractivity contribution is -0.0432. The van der Waals surface area contributed by atoms with E-state index in [4.69, 9.17) is 5.73 Å². The molecule has 0 spiro atoms. The molecule has 126 valence electrons. The summed E-state index contributed by atoms with van der Waals surface area (Å²) < 4.78 is 1.48. The highest BCUT2D eigenvalue weighted by molar-refractivity contribution is 5.58. The Morgan fingerprint density at radius 2 is 2.12 bits per heavy atom.